The van der Waals surface area contributed by atoms with Gasteiger partial charge in [-0.25, -0.2) is 24.4 Å². The number of carbonyl (C=O) groups excluding carboxylic acids is 3. The lowest BCUT2D eigenvalue weighted by Crippen LogP contribution is -2.35. The highest BCUT2D eigenvalue weighted by atomic mass is 16.6. The molecule has 0 spiro atoms. The number of aryl methyl sites for hydroxylation is 1. The van der Waals surface area contributed by atoms with Gasteiger partial charge in [0, 0.05) is 36.4 Å². The number of nitrogens with zero attached hydrogens (tertiary/aromatic N) is 5. The maximum absolute atomic E-state index is 12.9. The van der Waals surface area contributed by atoms with E-state index in [1.807, 2.05) is 6.07 Å². The fraction of sp³-hybridized carbons (Fsp3) is 0.125. The van der Waals surface area contributed by atoms with Crippen molar-refractivity contribution in [3.63, 3.8) is 0 Å². The number of anilines is 2. The Kier molecular flexibility index (Phi) is 6.77. The monoisotopic (exact) mass is 502 g/mol. The first-order chi connectivity index (χ1) is 17.7. The highest BCUT2D eigenvalue weighted by Gasteiger charge is 2.24. The molecule has 0 unspecified atom stereocenters. The molecule has 6 N–H and O–H groups in total. The number of ether oxygens (including phenoxy) is 1. The number of primary amides is 2. The summed E-state index contributed by atoms with van der Waals surface area (Å²) in [6.45, 7) is 2.22. The van der Waals surface area contributed by atoms with Crippen molar-refractivity contribution in [1.29, 1.82) is 0 Å². The minimum Gasteiger partial charge on any atom is -0.384 e. The Bertz CT molecular complexity index is 1570. The molecule has 4 rings (SSSR count). The van der Waals surface area contributed by atoms with Crippen LogP contribution in [0.25, 0.3) is 22.4 Å². The number of nitrogen functional groups attached to an aromatic ring is 1. The SMILES string of the molecule is CCn1c(N)c(C(=O)OC(N)=O)c(=O)c2cnc(-c3ccc(N(Cc4cccnc4)C(N)=O)cc3)nc21. The Morgan fingerprint density at radius 1 is 1.08 bits per heavy atom. The van der Waals surface area contributed by atoms with E-state index in [0.717, 1.165) is 5.56 Å². The molecule has 0 radical (unpaired) electrons. The molecule has 37 heavy (non-hydrogen) atoms. The predicted molar refractivity (Wildman–Crippen MR) is 134 cm³/mol. The second-order valence-corrected chi connectivity index (χ2v) is 7.81. The number of hydrogen-bond acceptors (Lipinski definition) is 9. The number of aromatic nitrogens is 4. The molecule has 0 saturated heterocycles. The van der Waals surface area contributed by atoms with Crippen molar-refractivity contribution in [2.75, 3.05) is 10.6 Å². The predicted octanol–water partition coefficient (Wildman–Crippen LogP) is 1.78. The highest BCUT2D eigenvalue weighted by molar-refractivity contribution is 6.02. The van der Waals surface area contributed by atoms with Crippen LogP contribution < -0.4 is 27.5 Å². The van der Waals surface area contributed by atoms with E-state index in [0.29, 0.717) is 11.3 Å². The lowest BCUT2D eigenvalue weighted by Gasteiger charge is -2.20. The molecule has 0 atom stereocenters. The second kappa shape index (κ2) is 10.1. The summed E-state index contributed by atoms with van der Waals surface area (Å²) in [5.74, 6) is -1.21. The standard InChI is InChI=1S/C24H22N8O5/c1-2-31-19(25)17(22(34)37-24(27)36)18(33)16-11-29-20(30-21(16)31)14-5-7-15(8-6-14)32(23(26)35)12-13-4-3-9-28-10-13/h3-11H,2,12,25H2,1H3,(H2,26,35)(H2,27,36). The van der Waals surface area contributed by atoms with Crippen LogP contribution in [0, 0.1) is 0 Å². The number of carbonyl (C=O) groups is 3. The molecular formula is C24H22N8O5. The van der Waals surface area contributed by atoms with E-state index < -0.39 is 29.1 Å². The summed E-state index contributed by atoms with van der Waals surface area (Å²) in [4.78, 5) is 62.5. The van der Waals surface area contributed by atoms with Gasteiger partial charge in [-0.05, 0) is 42.8 Å². The van der Waals surface area contributed by atoms with Crippen molar-refractivity contribution in [1.82, 2.24) is 19.5 Å². The van der Waals surface area contributed by atoms with Crippen LogP contribution in [0.2, 0.25) is 0 Å². The maximum Gasteiger partial charge on any atom is 0.412 e. The molecule has 3 aromatic heterocycles. The van der Waals surface area contributed by atoms with E-state index in [9.17, 15) is 19.2 Å². The Labute approximate surface area is 209 Å². The Morgan fingerprint density at radius 2 is 1.81 bits per heavy atom. The summed E-state index contributed by atoms with van der Waals surface area (Å²) >= 11 is 0. The lowest BCUT2D eigenvalue weighted by molar-refractivity contribution is 0.0637. The lowest BCUT2D eigenvalue weighted by atomic mass is 10.1. The third-order valence-corrected chi connectivity index (χ3v) is 5.52. The van der Waals surface area contributed by atoms with Crippen LogP contribution in [0.15, 0.2) is 59.8 Å². The number of pyridine rings is 2. The van der Waals surface area contributed by atoms with E-state index >= 15 is 0 Å². The molecule has 0 aliphatic carbocycles. The zero-order valence-corrected chi connectivity index (χ0v) is 19.6. The normalized spacial score (nSPS) is 10.7. The minimum absolute atomic E-state index is 0.00390. The molecular weight excluding hydrogens is 480 g/mol. The van der Waals surface area contributed by atoms with Crippen LogP contribution in [0.1, 0.15) is 22.8 Å². The number of nitrogens with two attached hydrogens (primary N) is 3. The molecule has 0 aliphatic heterocycles. The molecule has 0 aliphatic rings. The van der Waals surface area contributed by atoms with Crippen molar-refractivity contribution in [2.24, 2.45) is 11.5 Å². The largest absolute Gasteiger partial charge is 0.412 e. The van der Waals surface area contributed by atoms with E-state index in [-0.39, 0.29) is 35.8 Å². The van der Waals surface area contributed by atoms with Crippen molar-refractivity contribution in [2.45, 2.75) is 20.0 Å². The molecule has 4 aromatic rings. The second-order valence-electron chi connectivity index (χ2n) is 7.81. The first-order valence-electron chi connectivity index (χ1n) is 11.0. The summed E-state index contributed by atoms with van der Waals surface area (Å²) in [6.07, 6.45) is 3.18. The molecule has 0 bridgehead atoms. The Morgan fingerprint density at radius 3 is 2.41 bits per heavy atom. The zero-order chi connectivity index (χ0) is 26.7. The van der Waals surface area contributed by atoms with Gasteiger partial charge in [-0.3, -0.25) is 14.7 Å². The van der Waals surface area contributed by atoms with Crippen LogP contribution >= 0.6 is 0 Å². The number of benzene rings is 1. The summed E-state index contributed by atoms with van der Waals surface area (Å²) in [5, 5.41) is 0.00390. The number of hydrogen-bond donors (Lipinski definition) is 3. The molecule has 3 amide bonds. The summed E-state index contributed by atoms with van der Waals surface area (Å²) < 4.78 is 5.78. The molecule has 1 aromatic carbocycles. The number of fused-ring (bicyclic) bond motifs is 1. The van der Waals surface area contributed by atoms with Gasteiger partial charge in [0.15, 0.2) is 5.82 Å². The van der Waals surface area contributed by atoms with Gasteiger partial charge in [0.1, 0.15) is 17.0 Å². The average molecular weight is 502 g/mol. The van der Waals surface area contributed by atoms with E-state index in [1.54, 1.807) is 49.6 Å². The van der Waals surface area contributed by atoms with E-state index in [2.05, 4.69) is 19.7 Å². The molecule has 13 nitrogen and oxygen atoms in total. The fourth-order valence-corrected chi connectivity index (χ4v) is 3.80. The van der Waals surface area contributed by atoms with Gasteiger partial charge in [0.05, 0.1) is 11.9 Å². The number of esters is 1. The average Bonchev–Trinajstić information content (AvgIpc) is 2.87. The van der Waals surface area contributed by atoms with Gasteiger partial charge in [-0.2, -0.15) is 0 Å². The van der Waals surface area contributed by atoms with Gasteiger partial charge < -0.3 is 26.5 Å². The number of rotatable bonds is 6. The van der Waals surface area contributed by atoms with Gasteiger partial charge in [-0.1, -0.05) is 6.07 Å². The number of urea groups is 1. The summed E-state index contributed by atoms with van der Waals surface area (Å²) in [7, 11) is 0. The third kappa shape index (κ3) is 4.91. The summed E-state index contributed by atoms with van der Waals surface area (Å²) in [5.41, 5.74) is 17.3. The van der Waals surface area contributed by atoms with Crippen LogP contribution in [0.4, 0.5) is 21.1 Å². The molecule has 3 heterocycles. The van der Waals surface area contributed by atoms with Crippen molar-refractivity contribution < 1.29 is 19.1 Å². The van der Waals surface area contributed by atoms with Crippen molar-refractivity contribution >= 4 is 40.6 Å². The zero-order valence-electron chi connectivity index (χ0n) is 19.6. The third-order valence-electron chi connectivity index (χ3n) is 5.52. The summed E-state index contributed by atoms with van der Waals surface area (Å²) in [6, 6.07) is 9.74. The van der Waals surface area contributed by atoms with Crippen LogP contribution in [0.5, 0.6) is 0 Å². The fourth-order valence-electron chi connectivity index (χ4n) is 3.80. The van der Waals surface area contributed by atoms with Crippen LogP contribution in [-0.2, 0) is 17.8 Å². The molecule has 13 heteroatoms. The molecule has 0 saturated carbocycles. The first kappa shape index (κ1) is 24.8. The van der Waals surface area contributed by atoms with Crippen molar-refractivity contribution in [3.05, 3.63) is 76.3 Å². The maximum atomic E-state index is 12.9. The first-order valence-corrected chi connectivity index (χ1v) is 11.0. The van der Waals surface area contributed by atoms with E-state index in [1.165, 1.54) is 15.7 Å². The van der Waals surface area contributed by atoms with Gasteiger partial charge in [0.2, 0.25) is 5.43 Å². The van der Waals surface area contributed by atoms with Gasteiger partial charge in [-0.15, -0.1) is 0 Å². The Hall–Kier alpha value is -5.33. The van der Waals surface area contributed by atoms with Gasteiger partial charge >= 0.3 is 18.1 Å². The Balaban J connectivity index is 1.73. The molecule has 188 valence electrons. The van der Waals surface area contributed by atoms with E-state index in [4.69, 9.17) is 17.2 Å². The van der Waals surface area contributed by atoms with Crippen LogP contribution in [0.3, 0.4) is 0 Å². The molecule has 0 fully saturated rings. The smallest absolute Gasteiger partial charge is 0.384 e. The highest BCUT2D eigenvalue weighted by Crippen LogP contribution is 2.24. The van der Waals surface area contributed by atoms with Crippen LogP contribution in [-0.4, -0.2) is 37.6 Å². The number of amides is 3. The topological polar surface area (TPSA) is 202 Å². The quantitative estimate of drug-likeness (QED) is 0.259. The van der Waals surface area contributed by atoms with Crippen molar-refractivity contribution in [3.8, 4) is 11.4 Å². The minimum atomic E-state index is -1.36. The van der Waals surface area contributed by atoms with Gasteiger partial charge in [0.25, 0.3) is 0 Å².